The third-order valence-electron chi connectivity index (χ3n) is 11.9. The number of nitro groups is 1. The number of nitrogens with two attached hydrogens (primary N) is 3. The van der Waals surface area contributed by atoms with Gasteiger partial charge in [-0.3, -0.25) is 19.7 Å². The van der Waals surface area contributed by atoms with Crippen molar-refractivity contribution < 1.29 is 46.0 Å². The second-order valence-electron chi connectivity index (χ2n) is 18.3. The van der Waals surface area contributed by atoms with Gasteiger partial charge in [-0.2, -0.15) is 26.3 Å². The molecule has 0 bridgehead atoms. The van der Waals surface area contributed by atoms with Gasteiger partial charge in [-0.25, -0.2) is 19.9 Å². The summed E-state index contributed by atoms with van der Waals surface area (Å²) in [6, 6.07) is 34.1. The summed E-state index contributed by atoms with van der Waals surface area (Å²) in [5.74, 6) is -0.146. The molecule has 6 aromatic carbocycles. The highest BCUT2D eigenvalue weighted by atomic mass is 35.5. The maximum Gasteiger partial charge on any atom is 0.433 e. The Hall–Kier alpha value is -9.74. The highest BCUT2D eigenvalue weighted by Gasteiger charge is 2.34. The molecule has 422 valence electrons. The SMILES string of the molecule is Cc1ccc(N)c(N)c1.Cc1ccc(N)c([N+](=O)[O-])c1.Cc1ccc2nc(-c3cc(NC(=O)c4ccc(C(F)(F)F)nc4C)ccc3Cl)[nH]c2c1.Cc1nc(C(F)(F)F)ccc1C(=O)Nc1ccc(Cl)c(-c2nc3ccc(O)cc3[nH]2)c1. The number of hydrogen-bond donors (Lipinski definition) is 8. The quantitative estimate of drug-likeness (QED) is 0.0320. The topological polar surface area (TPSA) is 283 Å². The van der Waals surface area contributed by atoms with Gasteiger partial charge in [-0.1, -0.05) is 41.4 Å². The molecule has 0 saturated heterocycles. The number of pyridine rings is 2. The van der Waals surface area contributed by atoms with E-state index in [0.717, 1.165) is 52.0 Å². The van der Waals surface area contributed by atoms with Gasteiger partial charge < -0.3 is 42.9 Å². The van der Waals surface area contributed by atoms with Gasteiger partial charge >= 0.3 is 12.4 Å². The van der Waals surface area contributed by atoms with E-state index >= 15 is 0 Å². The number of benzene rings is 6. The van der Waals surface area contributed by atoms with Crippen LogP contribution in [-0.4, -0.2) is 51.7 Å². The first kappa shape index (κ1) is 59.9. The third-order valence-corrected chi connectivity index (χ3v) is 12.6. The summed E-state index contributed by atoms with van der Waals surface area (Å²) in [6.45, 7) is 8.43. The van der Waals surface area contributed by atoms with Crippen LogP contribution >= 0.6 is 23.2 Å². The first-order valence-electron chi connectivity index (χ1n) is 24.1. The second kappa shape index (κ2) is 24.7. The Balaban J connectivity index is 0.000000177. The van der Waals surface area contributed by atoms with Crippen molar-refractivity contribution in [2.45, 2.75) is 47.0 Å². The number of halogens is 8. The van der Waals surface area contributed by atoms with Crippen LogP contribution in [0.2, 0.25) is 10.0 Å². The van der Waals surface area contributed by atoms with Gasteiger partial charge in [0.25, 0.3) is 17.5 Å². The van der Waals surface area contributed by atoms with Gasteiger partial charge in [0.1, 0.15) is 34.5 Å². The summed E-state index contributed by atoms with van der Waals surface area (Å²) in [6.07, 6.45) is -9.16. The van der Waals surface area contributed by atoms with Crippen molar-refractivity contribution in [3.63, 3.8) is 0 Å². The highest BCUT2D eigenvalue weighted by Crippen LogP contribution is 2.34. The van der Waals surface area contributed by atoms with E-state index in [-0.39, 0.29) is 39.6 Å². The molecule has 2 amide bonds. The number of aryl methyl sites for hydroxylation is 5. The number of carbonyl (C=O) groups is 2. The van der Waals surface area contributed by atoms with Gasteiger partial charge in [0.15, 0.2) is 0 Å². The van der Waals surface area contributed by atoms with Crippen LogP contribution in [0.4, 0.5) is 60.5 Å². The van der Waals surface area contributed by atoms with Crippen LogP contribution in [-0.2, 0) is 12.4 Å². The molecule has 82 heavy (non-hydrogen) atoms. The van der Waals surface area contributed by atoms with Crippen LogP contribution < -0.4 is 27.8 Å². The number of fused-ring (bicyclic) bond motifs is 2. The molecule has 0 unspecified atom stereocenters. The van der Waals surface area contributed by atoms with Gasteiger partial charge in [0, 0.05) is 34.6 Å². The zero-order chi connectivity index (χ0) is 60.0. The third kappa shape index (κ3) is 14.9. The molecular formula is C57H48Cl2F6N12O5. The van der Waals surface area contributed by atoms with Crippen LogP contribution in [0, 0.1) is 44.7 Å². The molecule has 0 atom stereocenters. The number of phenols is 1. The Morgan fingerprint density at radius 3 is 1.39 bits per heavy atom. The molecule has 10 aromatic rings. The number of nitrogens with zero attached hydrogens (tertiary/aromatic N) is 5. The Labute approximate surface area is 472 Å². The summed E-state index contributed by atoms with van der Waals surface area (Å²) in [5.41, 5.74) is 23.5. The molecular weight excluding hydrogens is 1120 g/mol. The van der Waals surface area contributed by atoms with Crippen LogP contribution in [0.3, 0.4) is 0 Å². The maximum absolute atomic E-state index is 12.8. The zero-order valence-electron chi connectivity index (χ0n) is 43.8. The first-order valence-corrected chi connectivity index (χ1v) is 24.9. The first-order chi connectivity index (χ1) is 38.5. The molecule has 17 nitrogen and oxygen atoms in total. The summed E-state index contributed by atoms with van der Waals surface area (Å²) in [5, 5.41) is 26.0. The van der Waals surface area contributed by atoms with Crippen LogP contribution in [0.1, 0.15) is 60.2 Å². The lowest BCUT2D eigenvalue weighted by molar-refractivity contribution is -0.383. The minimum atomic E-state index is -4.59. The van der Waals surface area contributed by atoms with Crippen LogP contribution in [0.15, 0.2) is 133 Å². The van der Waals surface area contributed by atoms with Crippen molar-refractivity contribution in [3.8, 4) is 28.5 Å². The summed E-state index contributed by atoms with van der Waals surface area (Å²) >= 11 is 12.6. The number of nitrogen functional groups attached to an aromatic ring is 3. The number of rotatable bonds is 7. The van der Waals surface area contributed by atoms with Gasteiger partial charge in [0.05, 0.1) is 70.9 Å². The van der Waals surface area contributed by atoms with E-state index in [0.29, 0.717) is 66.6 Å². The predicted molar refractivity (Wildman–Crippen MR) is 306 cm³/mol. The number of hydrogen-bond acceptors (Lipinski definition) is 12. The smallest absolute Gasteiger partial charge is 0.433 e. The van der Waals surface area contributed by atoms with E-state index in [1.807, 2.05) is 50.2 Å². The Bertz CT molecular complexity index is 3850. The van der Waals surface area contributed by atoms with Crippen molar-refractivity contribution in [2.75, 3.05) is 27.8 Å². The molecule has 25 heteroatoms. The van der Waals surface area contributed by atoms with E-state index in [9.17, 15) is 51.2 Å². The predicted octanol–water partition coefficient (Wildman–Crippen LogP) is 14.4. The van der Waals surface area contributed by atoms with Gasteiger partial charge in [-0.15, -0.1) is 0 Å². The van der Waals surface area contributed by atoms with Gasteiger partial charge in [0.2, 0.25) is 0 Å². The number of nitrogens with one attached hydrogen (secondary N) is 4. The standard InChI is InChI=1S/C22H16ClF3N4O.C21H14ClF3N4O2.C7H8N2O2.C7H10N2/c1-11-3-7-17-18(9-11)30-20(29-17)15-10-13(4-6-16(15)23)28-21(31)14-5-8-19(22(24,25)26)27-12(14)2;1-10-13(4-7-18(26-10)21(23,24)25)20(31)27-11-2-5-15(22)14(8-11)19-28-16-6-3-12(30)9-17(16)29-19;1-5-2-3-6(8)7(4-5)9(10)11;1-5-2-3-6(8)7(9)4-5/h3-10H,1-2H3,(H,28,31)(H,29,30);2-9,30H,1H3,(H,27,31)(H,28,29);2-4H,8H2,1H3;2-4H,8-9H2,1H3. The lowest BCUT2D eigenvalue weighted by Crippen LogP contribution is -2.16. The number of anilines is 5. The fraction of sp³-hybridized carbons (Fsp3) is 0.123. The molecule has 0 fully saturated rings. The molecule has 0 radical (unpaired) electrons. The Morgan fingerprint density at radius 2 is 0.963 bits per heavy atom. The summed E-state index contributed by atoms with van der Waals surface area (Å²) in [7, 11) is 0. The Kier molecular flexibility index (Phi) is 18.1. The normalized spacial score (nSPS) is 11.1. The fourth-order valence-corrected chi connectivity index (χ4v) is 8.18. The number of aromatic amines is 2. The van der Waals surface area contributed by atoms with E-state index in [1.165, 1.54) is 38.1 Å². The number of aromatic hydroxyl groups is 1. The number of aromatic nitrogens is 6. The van der Waals surface area contributed by atoms with E-state index < -0.39 is 40.5 Å². The number of imidazole rings is 2. The molecule has 11 N–H and O–H groups in total. The molecule has 0 saturated carbocycles. The molecule has 4 heterocycles. The van der Waals surface area contributed by atoms with Crippen LogP contribution in [0.5, 0.6) is 5.75 Å². The summed E-state index contributed by atoms with van der Waals surface area (Å²) < 4.78 is 76.8. The second-order valence-corrected chi connectivity index (χ2v) is 19.1. The average molecular weight is 1170 g/mol. The number of alkyl halides is 6. The van der Waals surface area contributed by atoms with Crippen LogP contribution in [0.25, 0.3) is 44.8 Å². The van der Waals surface area contributed by atoms with E-state index in [2.05, 4.69) is 40.5 Å². The minimum Gasteiger partial charge on any atom is -0.508 e. The van der Waals surface area contributed by atoms with Crippen molar-refractivity contribution >= 4 is 91.2 Å². The van der Waals surface area contributed by atoms with Crippen molar-refractivity contribution in [1.29, 1.82) is 0 Å². The average Bonchev–Trinajstić information content (AvgIpc) is 4.04. The Morgan fingerprint density at radius 1 is 0.537 bits per heavy atom. The number of carbonyl (C=O) groups excluding carboxylic acids is 2. The minimum absolute atomic E-state index is 0.0173. The van der Waals surface area contributed by atoms with Crippen molar-refractivity contribution in [3.05, 3.63) is 204 Å². The maximum atomic E-state index is 12.8. The number of nitro benzene ring substituents is 1. The molecule has 0 aliphatic carbocycles. The lowest BCUT2D eigenvalue weighted by Gasteiger charge is -2.11. The molecule has 4 aromatic heterocycles. The monoisotopic (exact) mass is 1160 g/mol. The van der Waals surface area contributed by atoms with Gasteiger partial charge in [-0.05, 0) is 154 Å². The molecule has 0 spiro atoms. The molecule has 0 aliphatic heterocycles. The highest BCUT2D eigenvalue weighted by molar-refractivity contribution is 6.34. The van der Waals surface area contributed by atoms with Crippen molar-refractivity contribution in [1.82, 2.24) is 29.9 Å². The van der Waals surface area contributed by atoms with E-state index in [1.54, 1.807) is 55.5 Å². The largest absolute Gasteiger partial charge is 0.508 e. The molecule has 10 rings (SSSR count). The lowest BCUT2D eigenvalue weighted by atomic mass is 10.1. The number of phenolic OH excluding ortho intramolecular Hbond substituents is 1. The molecule has 0 aliphatic rings. The zero-order valence-corrected chi connectivity index (χ0v) is 45.3. The summed E-state index contributed by atoms with van der Waals surface area (Å²) in [4.78, 5) is 57.2. The number of H-pyrrole nitrogens is 2. The van der Waals surface area contributed by atoms with Crippen molar-refractivity contribution in [2.24, 2.45) is 0 Å². The van der Waals surface area contributed by atoms with E-state index in [4.69, 9.17) is 40.4 Å². The number of amides is 2. The fourth-order valence-electron chi connectivity index (χ4n) is 7.77.